The van der Waals surface area contributed by atoms with Crippen LogP contribution in [0.25, 0.3) is 11.1 Å². The van der Waals surface area contributed by atoms with Crippen molar-refractivity contribution in [2.75, 3.05) is 6.54 Å². The van der Waals surface area contributed by atoms with E-state index in [0.29, 0.717) is 24.0 Å². The summed E-state index contributed by atoms with van der Waals surface area (Å²) in [6, 6.07) is 11.4. The largest absolute Gasteiger partial charge is 0.350 e. The molecule has 3 atom stereocenters. The topological polar surface area (TPSA) is 66.5 Å². The van der Waals surface area contributed by atoms with Crippen molar-refractivity contribution >= 4 is 15.9 Å². The first-order chi connectivity index (χ1) is 15.6. The van der Waals surface area contributed by atoms with Gasteiger partial charge in [0.25, 0.3) is 15.9 Å². The molecule has 5 nitrogen and oxygen atoms in total. The minimum atomic E-state index is -4.98. The van der Waals surface area contributed by atoms with Crippen LogP contribution in [0.5, 0.6) is 0 Å². The van der Waals surface area contributed by atoms with Crippen molar-refractivity contribution in [3.8, 4) is 11.1 Å². The third kappa shape index (κ3) is 4.50. The van der Waals surface area contributed by atoms with Gasteiger partial charge in [-0.25, -0.2) is 21.9 Å². The minimum absolute atomic E-state index is 0.0289. The van der Waals surface area contributed by atoms with Crippen LogP contribution in [0.3, 0.4) is 0 Å². The van der Waals surface area contributed by atoms with Crippen LogP contribution >= 0.6 is 0 Å². The Morgan fingerprint density at radius 2 is 1.79 bits per heavy atom. The van der Waals surface area contributed by atoms with Crippen molar-refractivity contribution in [2.24, 2.45) is 5.41 Å². The van der Waals surface area contributed by atoms with Gasteiger partial charge < -0.3 is 4.90 Å². The number of carbonyl (C=O) groups excluding carboxylic acids is 1. The summed E-state index contributed by atoms with van der Waals surface area (Å²) in [5, 5.41) is 0. The number of likely N-dealkylation sites (tertiary alicyclic amines) is 1. The molecule has 178 valence electrons. The molecule has 0 bridgehead atoms. The Morgan fingerprint density at radius 1 is 1.12 bits per heavy atom. The monoisotopic (exact) mass is 484 g/mol. The van der Waals surface area contributed by atoms with Gasteiger partial charge in [-0.05, 0) is 37.3 Å². The van der Waals surface area contributed by atoms with Gasteiger partial charge in [-0.15, -0.1) is 0 Å². The average Bonchev–Trinajstić information content (AvgIpc) is 3.50. The van der Waals surface area contributed by atoms with Crippen molar-refractivity contribution in [2.45, 2.75) is 50.2 Å². The van der Waals surface area contributed by atoms with Crippen LogP contribution in [0.15, 0.2) is 48.5 Å². The van der Waals surface area contributed by atoms with Crippen LogP contribution in [-0.2, 0) is 21.2 Å². The van der Waals surface area contributed by atoms with Gasteiger partial charge in [0.2, 0.25) is 0 Å². The molecular formula is C23H24F4N2O3S. The average molecular weight is 485 g/mol. The Bertz CT molecular complexity index is 1140. The second-order valence-electron chi connectivity index (χ2n) is 8.76. The maximum absolute atomic E-state index is 15.5. The third-order valence-corrected chi connectivity index (χ3v) is 7.62. The molecule has 1 amide bonds. The summed E-state index contributed by atoms with van der Waals surface area (Å²) < 4.78 is 81.7. The number of rotatable bonds is 7. The van der Waals surface area contributed by atoms with Gasteiger partial charge >= 0.3 is 5.76 Å². The summed E-state index contributed by atoms with van der Waals surface area (Å²) in [6.07, 6.45) is -1.02. The van der Waals surface area contributed by atoms with Gasteiger partial charge in [-0.1, -0.05) is 48.5 Å². The fourth-order valence-electron chi connectivity index (χ4n) is 4.71. The van der Waals surface area contributed by atoms with Crippen LogP contribution in [0, 0.1) is 11.2 Å². The summed E-state index contributed by atoms with van der Waals surface area (Å²) >= 11 is 0. The number of hydrogen-bond acceptors (Lipinski definition) is 3. The van der Waals surface area contributed by atoms with E-state index >= 15 is 4.39 Å². The van der Waals surface area contributed by atoms with E-state index < -0.39 is 51.2 Å². The summed E-state index contributed by atoms with van der Waals surface area (Å²) in [5.74, 6) is -5.09. The number of nitrogens with one attached hydrogen (secondary N) is 1. The lowest BCUT2D eigenvalue weighted by atomic mass is 9.91. The van der Waals surface area contributed by atoms with Crippen LogP contribution in [-0.4, -0.2) is 49.8 Å². The lowest BCUT2D eigenvalue weighted by Gasteiger charge is -2.30. The SMILES string of the molecule is C[C@H](F)C(=O)N1CC2(CC2)[C@H](NS(=O)(=O)C(F)F)[C@@H]1Cc1cccc(-c2ccccc2)c1F. The number of carbonyl (C=O) groups is 1. The molecule has 1 aliphatic heterocycles. The lowest BCUT2D eigenvalue weighted by molar-refractivity contribution is -0.137. The fourth-order valence-corrected chi connectivity index (χ4v) is 5.57. The number of hydrogen-bond donors (Lipinski definition) is 1. The van der Waals surface area contributed by atoms with E-state index in [9.17, 15) is 26.4 Å². The van der Waals surface area contributed by atoms with Gasteiger partial charge in [-0.3, -0.25) is 4.79 Å². The van der Waals surface area contributed by atoms with Gasteiger partial charge in [0.15, 0.2) is 6.17 Å². The predicted octanol–water partition coefficient (Wildman–Crippen LogP) is 3.89. The van der Waals surface area contributed by atoms with E-state index in [1.165, 1.54) is 11.0 Å². The normalized spacial score (nSPS) is 22.7. The molecule has 0 radical (unpaired) electrons. The fraction of sp³-hybridized carbons (Fsp3) is 0.435. The maximum Gasteiger partial charge on any atom is 0.350 e. The molecule has 2 aliphatic rings. The van der Waals surface area contributed by atoms with Crippen molar-refractivity contribution in [3.05, 3.63) is 59.9 Å². The zero-order chi connectivity index (χ0) is 24.0. The molecule has 4 rings (SSSR count). The van der Waals surface area contributed by atoms with Crippen LogP contribution < -0.4 is 4.72 Å². The van der Waals surface area contributed by atoms with Gasteiger partial charge in [0.1, 0.15) is 5.82 Å². The van der Waals surface area contributed by atoms with Crippen molar-refractivity contribution in [1.82, 2.24) is 9.62 Å². The summed E-state index contributed by atoms with van der Waals surface area (Å²) in [7, 11) is -4.98. The molecule has 2 aromatic rings. The van der Waals surface area contributed by atoms with E-state index in [1.807, 2.05) is 0 Å². The Kier molecular flexibility index (Phi) is 6.26. The van der Waals surface area contributed by atoms with E-state index in [2.05, 4.69) is 4.72 Å². The highest BCUT2D eigenvalue weighted by atomic mass is 32.2. The molecule has 0 unspecified atom stereocenters. The number of halogens is 4. The minimum Gasteiger partial charge on any atom is -0.335 e. The highest BCUT2D eigenvalue weighted by Gasteiger charge is 2.62. The molecule has 1 spiro atoms. The second kappa shape index (κ2) is 8.72. The van der Waals surface area contributed by atoms with Crippen LogP contribution in [0.4, 0.5) is 17.6 Å². The van der Waals surface area contributed by atoms with E-state index in [-0.39, 0.29) is 18.5 Å². The maximum atomic E-state index is 15.5. The number of sulfonamides is 1. The molecule has 1 heterocycles. The van der Waals surface area contributed by atoms with Crippen molar-refractivity contribution < 1.29 is 30.8 Å². The summed E-state index contributed by atoms with van der Waals surface area (Å²) in [5.41, 5.74) is 0.366. The number of amides is 1. The number of benzene rings is 2. The highest BCUT2D eigenvalue weighted by molar-refractivity contribution is 7.89. The van der Waals surface area contributed by atoms with Crippen molar-refractivity contribution in [3.63, 3.8) is 0 Å². The highest BCUT2D eigenvalue weighted by Crippen LogP contribution is 2.56. The lowest BCUT2D eigenvalue weighted by Crippen LogP contribution is -2.51. The molecule has 1 N–H and O–H groups in total. The standard InChI is InChI=1S/C23H24F4N2O3S/c1-14(24)21(30)29-13-23(10-11-23)20(28-33(31,32)22(26)27)18(29)12-16-8-5-9-17(19(16)25)15-6-3-2-4-7-15/h2-9,14,18,20,22,28H,10-13H2,1H3/t14-,18-,20+/m0/s1. The molecule has 1 aliphatic carbocycles. The predicted molar refractivity (Wildman–Crippen MR) is 115 cm³/mol. The molecule has 33 heavy (non-hydrogen) atoms. The smallest absolute Gasteiger partial charge is 0.335 e. The van der Waals surface area contributed by atoms with Gasteiger partial charge in [-0.2, -0.15) is 8.78 Å². The zero-order valence-corrected chi connectivity index (χ0v) is 18.7. The zero-order valence-electron chi connectivity index (χ0n) is 17.8. The van der Waals surface area contributed by atoms with E-state index in [0.717, 1.165) is 6.92 Å². The summed E-state index contributed by atoms with van der Waals surface area (Å²) in [4.78, 5) is 13.8. The molecular weight excluding hydrogens is 460 g/mol. The Labute approximate surface area is 189 Å². The van der Waals surface area contributed by atoms with E-state index in [1.54, 1.807) is 42.5 Å². The number of nitrogens with zero attached hydrogens (tertiary/aromatic N) is 1. The second-order valence-corrected chi connectivity index (χ2v) is 10.4. The third-order valence-electron chi connectivity index (χ3n) is 6.56. The summed E-state index contributed by atoms with van der Waals surface area (Å²) in [6.45, 7) is 1.09. The molecule has 2 aromatic carbocycles. The van der Waals surface area contributed by atoms with E-state index in [4.69, 9.17) is 0 Å². The molecule has 10 heteroatoms. The Hall–Kier alpha value is -2.46. The number of alkyl halides is 3. The Balaban J connectivity index is 1.73. The first-order valence-electron chi connectivity index (χ1n) is 10.6. The molecule has 1 saturated carbocycles. The van der Waals surface area contributed by atoms with Gasteiger partial charge in [0.05, 0.1) is 6.04 Å². The quantitative estimate of drug-likeness (QED) is 0.607. The van der Waals surface area contributed by atoms with Crippen molar-refractivity contribution in [1.29, 1.82) is 0 Å². The van der Waals surface area contributed by atoms with Gasteiger partial charge in [0, 0.05) is 23.6 Å². The van der Waals surface area contributed by atoms with Crippen LogP contribution in [0.1, 0.15) is 25.3 Å². The van der Waals surface area contributed by atoms with Crippen LogP contribution in [0.2, 0.25) is 0 Å². The molecule has 1 saturated heterocycles. The molecule has 2 fully saturated rings. The first-order valence-corrected chi connectivity index (χ1v) is 12.2. The first kappa shape index (κ1) is 23.7. The Morgan fingerprint density at radius 3 is 2.36 bits per heavy atom. The molecule has 0 aromatic heterocycles.